The predicted molar refractivity (Wildman–Crippen MR) is 82.5 cm³/mol. The molecule has 0 heterocycles. The molecular weight excluding hydrogens is 266 g/mol. The van der Waals surface area contributed by atoms with Gasteiger partial charge in [0.25, 0.3) is 0 Å². The second kappa shape index (κ2) is 8.42. The number of nitrogens with one attached hydrogen (secondary N) is 1. The Bertz CT molecular complexity index is 531. The Morgan fingerprint density at radius 2 is 1.81 bits per heavy atom. The fraction of sp³-hybridized carbons (Fsp3) is 0.294. The van der Waals surface area contributed by atoms with Gasteiger partial charge in [-0.25, -0.2) is 0 Å². The lowest BCUT2D eigenvalue weighted by molar-refractivity contribution is 0.0644. The van der Waals surface area contributed by atoms with Gasteiger partial charge in [0.05, 0.1) is 12.7 Å². The van der Waals surface area contributed by atoms with Crippen LogP contribution in [-0.4, -0.2) is 31.5 Å². The Morgan fingerprint density at radius 1 is 1.05 bits per heavy atom. The van der Waals surface area contributed by atoms with Crippen molar-refractivity contribution in [3.63, 3.8) is 0 Å². The van der Waals surface area contributed by atoms with Crippen molar-refractivity contribution in [2.75, 3.05) is 20.3 Å². The van der Waals surface area contributed by atoms with Crippen LogP contribution in [-0.2, 0) is 11.3 Å². The van der Waals surface area contributed by atoms with Gasteiger partial charge in [-0.3, -0.25) is 0 Å². The third-order valence-corrected chi connectivity index (χ3v) is 2.95. The van der Waals surface area contributed by atoms with E-state index < -0.39 is 6.10 Å². The minimum Gasteiger partial charge on any atom is -0.457 e. The lowest BCUT2D eigenvalue weighted by atomic mass is 10.2. The molecule has 0 aromatic heterocycles. The lowest BCUT2D eigenvalue weighted by Crippen LogP contribution is -2.29. The number of aliphatic hydroxyl groups excluding tert-OH is 1. The minimum absolute atomic E-state index is 0.337. The van der Waals surface area contributed by atoms with Crippen molar-refractivity contribution in [3.8, 4) is 11.5 Å². The second-order valence-corrected chi connectivity index (χ2v) is 4.80. The third-order valence-electron chi connectivity index (χ3n) is 2.95. The summed E-state index contributed by atoms with van der Waals surface area (Å²) in [5.74, 6) is 1.62. The number of rotatable bonds is 8. The van der Waals surface area contributed by atoms with Crippen LogP contribution >= 0.6 is 0 Å². The number of aliphatic hydroxyl groups is 1. The molecule has 2 N–H and O–H groups in total. The molecule has 4 heteroatoms. The SMILES string of the molecule is COCC(O)CNCc1cccc(Oc2ccccc2)c1. The summed E-state index contributed by atoms with van der Waals surface area (Å²) >= 11 is 0. The highest BCUT2D eigenvalue weighted by atomic mass is 16.5. The van der Waals surface area contributed by atoms with Gasteiger partial charge in [-0.2, -0.15) is 0 Å². The Labute approximate surface area is 125 Å². The first-order valence-corrected chi connectivity index (χ1v) is 6.97. The largest absolute Gasteiger partial charge is 0.457 e. The molecule has 0 aliphatic carbocycles. The molecule has 2 rings (SSSR count). The molecule has 2 aromatic rings. The van der Waals surface area contributed by atoms with E-state index >= 15 is 0 Å². The molecule has 21 heavy (non-hydrogen) atoms. The standard InChI is InChI=1S/C17H21NO3/c1-20-13-15(19)12-18-11-14-6-5-9-17(10-14)21-16-7-3-2-4-8-16/h2-10,15,18-19H,11-13H2,1H3. The fourth-order valence-corrected chi connectivity index (χ4v) is 1.98. The van der Waals surface area contributed by atoms with E-state index in [-0.39, 0.29) is 0 Å². The highest BCUT2D eigenvalue weighted by Crippen LogP contribution is 2.21. The summed E-state index contributed by atoms with van der Waals surface area (Å²) in [4.78, 5) is 0. The Hall–Kier alpha value is -1.88. The van der Waals surface area contributed by atoms with Crippen LogP contribution in [0.3, 0.4) is 0 Å². The monoisotopic (exact) mass is 287 g/mol. The molecule has 0 spiro atoms. The molecule has 0 saturated heterocycles. The van der Waals surface area contributed by atoms with Gasteiger partial charge in [0, 0.05) is 20.2 Å². The van der Waals surface area contributed by atoms with Gasteiger partial charge in [0.1, 0.15) is 11.5 Å². The van der Waals surface area contributed by atoms with Crippen LogP contribution < -0.4 is 10.1 Å². The quantitative estimate of drug-likeness (QED) is 0.783. The molecule has 112 valence electrons. The number of methoxy groups -OCH3 is 1. The van der Waals surface area contributed by atoms with E-state index in [0.717, 1.165) is 17.1 Å². The lowest BCUT2D eigenvalue weighted by Gasteiger charge is -2.11. The van der Waals surface area contributed by atoms with Gasteiger partial charge in [0.15, 0.2) is 0 Å². The Balaban J connectivity index is 1.86. The summed E-state index contributed by atoms with van der Waals surface area (Å²) < 4.78 is 10.7. The molecule has 1 unspecified atom stereocenters. The van der Waals surface area contributed by atoms with Crippen molar-refractivity contribution >= 4 is 0 Å². The number of hydrogen-bond acceptors (Lipinski definition) is 4. The summed E-state index contributed by atoms with van der Waals surface area (Å²) in [5.41, 5.74) is 1.10. The van der Waals surface area contributed by atoms with Crippen LogP contribution in [0.25, 0.3) is 0 Å². The average Bonchev–Trinajstić information content (AvgIpc) is 2.49. The summed E-state index contributed by atoms with van der Waals surface area (Å²) in [6, 6.07) is 17.6. The van der Waals surface area contributed by atoms with E-state index in [0.29, 0.717) is 19.7 Å². The second-order valence-electron chi connectivity index (χ2n) is 4.80. The van der Waals surface area contributed by atoms with Crippen LogP contribution in [0.15, 0.2) is 54.6 Å². The first-order valence-electron chi connectivity index (χ1n) is 6.97. The molecule has 0 bridgehead atoms. The van der Waals surface area contributed by atoms with Crippen molar-refractivity contribution in [2.24, 2.45) is 0 Å². The van der Waals surface area contributed by atoms with Gasteiger partial charge in [-0.15, -0.1) is 0 Å². The number of para-hydroxylation sites is 1. The van der Waals surface area contributed by atoms with Crippen LogP contribution in [0.1, 0.15) is 5.56 Å². The average molecular weight is 287 g/mol. The van der Waals surface area contributed by atoms with Gasteiger partial charge < -0.3 is 19.9 Å². The molecule has 0 aliphatic heterocycles. The first kappa shape index (κ1) is 15.5. The summed E-state index contributed by atoms with van der Waals surface area (Å²) in [6.45, 7) is 1.51. The van der Waals surface area contributed by atoms with E-state index in [4.69, 9.17) is 9.47 Å². The van der Waals surface area contributed by atoms with E-state index in [1.54, 1.807) is 7.11 Å². The normalized spacial score (nSPS) is 12.1. The van der Waals surface area contributed by atoms with Gasteiger partial charge in [-0.1, -0.05) is 30.3 Å². The molecule has 0 radical (unpaired) electrons. The number of hydrogen-bond donors (Lipinski definition) is 2. The smallest absolute Gasteiger partial charge is 0.127 e. The summed E-state index contributed by atoms with van der Waals surface area (Å²) in [7, 11) is 1.58. The fourth-order valence-electron chi connectivity index (χ4n) is 1.98. The summed E-state index contributed by atoms with van der Waals surface area (Å²) in [5, 5.41) is 12.8. The maximum atomic E-state index is 9.56. The van der Waals surface area contributed by atoms with Crippen LogP contribution in [0.5, 0.6) is 11.5 Å². The van der Waals surface area contributed by atoms with Crippen LogP contribution in [0.4, 0.5) is 0 Å². The highest BCUT2D eigenvalue weighted by molar-refractivity contribution is 5.33. The zero-order valence-electron chi connectivity index (χ0n) is 12.2. The molecule has 0 fully saturated rings. The minimum atomic E-state index is -0.487. The molecule has 4 nitrogen and oxygen atoms in total. The molecule has 2 aromatic carbocycles. The molecule has 0 saturated carbocycles. The van der Waals surface area contributed by atoms with Crippen LogP contribution in [0, 0.1) is 0 Å². The molecule has 0 amide bonds. The topological polar surface area (TPSA) is 50.7 Å². The van der Waals surface area contributed by atoms with Gasteiger partial charge in [0.2, 0.25) is 0 Å². The summed E-state index contributed by atoms with van der Waals surface area (Å²) in [6.07, 6.45) is -0.487. The van der Waals surface area contributed by atoms with E-state index in [1.807, 2.05) is 54.6 Å². The number of ether oxygens (including phenoxy) is 2. The van der Waals surface area contributed by atoms with Crippen LogP contribution in [0.2, 0.25) is 0 Å². The van der Waals surface area contributed by atoms with Crippen molar-refractivity contribution in [2.45, 2.75) is 12.6 Å². The molecule has 0 aliphatic rings. The van der Waals surface area contributed by atoms with Crippen molar-refractivity contribution in [1.82, 2.24) is 5.32 Å². The molecule has 1 atom stereocenters. The number of benzene rings is 2. The van der Waals surface area contributed by atoms with E-state index in [9.17, 15) is 5.11 Å². The van der Waals surface area contributed by atoms with Crippen molar-refractivity contribution in [1.29, 1.82) is 0 Å². The van der Waals surface area contributed by atoms with Crippen molar-refractivity contribution < 1.29 is 14.6 Å². The Morgan fingerprint density at radius 3 is 2.57 bits per heavy atom. The van der Waals surface area contributed by atoms with E-state index in [2.05, 4.69) is 5.32 Å². The third kappa shape index (κ3) is 5.55. The van der Waals surface area contributed by atoms with E-state index in [1.165, 1.54) is 0 Å². The zero-order chi connectivity index (χ0) is 14.9. The molecular formula is C17H21NO3. The maximum absolute atomic E-state index is 9.56. The maximum Gasteiger partial charge on any atom is 0.127 e. The Kier molecular flexibility index (Phi) is 6.22. The van der Waals surface area contributed by atoms with Crippen molar-refractivity contribution in [3.05, 3.63) is 60.2 Å². The first-order chi connectivity index (χ1) is 10.3. The van der Waals surface area contributed by atoms with Gasteiger partial charge in [-0.05, 0) is 29.8 Å². The van der Waals surface area contributed by atoms with Gasteiger partial charge >= 0.3 is 0 Å². The zero-order valence-corrected chi connectivity index (χ0v) is 12.2. The predicted octanol–water partition coefficient (Wildman–Crippen LogP) is 2.58. The highest BCUT2D eigenvalue weighted by Gasteiger charge is 2.03.